The van der Waals surface area contributed by atoms with Crippen molar-refractivity contribution in [2.24, 2.45) is 9.98 Å². The van der Waals surface area contributed by atoms with E-state index in [0.717, 1.165) is 6.07 Å². The normalized spacial score (nSPS) is 16.5. The molecule has 2 aromatic rings. The summed E-state index contributed by atoms with van der Waals surface area (Å²) in [5.74, 6) is -1.56. The SMILES string of the molecule is C=N/C=N\C(=C/C)c1ncccc1C(=O)N1CCC(O)(Cc2ccc(F)cc2F)CC1. The Bertz CT molecular complexity index is 1030. The van der Waals surface area contributed by atoms with E-state index < -0.39 is 17.2 Å². The Morgan fingerprint density at radius 2 is 2.06 bits per heavy atom. The quantitative estimate of drug-likeness (QED) is 0.566. The van der Waals surface area contributed by atoms with Crippen LogP contribution in [0.15, 0.2) is 52.6 Å². The van der Waals surface area contributed by atoms with E-state index in [2.05, 4.69) is 21.7 Å². The summed E-state index contributed by atoms with van der Waals surface area (Å²) in [6.07, 6.45) is 5.21. The van der Waals surface area contributed by atoms with Crippen LogP contribution in [0.1, 0.15) is 41.4 Å². The van der Waals surface area contributed by atoms with E-state index >= 15 is 0 Å². The number of rotatable bonds is 6. The molecule has 0 aliphatic carbocycles. The molecule has 0 radical (unpaired) electrons. The lowest BCUT2D eigenvalue weighted by Gasteiger charge is -2.38. The minimum atomic E-state index is -1.17. The van der Waals surface area contributed by atoms with Crippen LogP contribution in [-0.4, -0.2) is 52.6 Å². The van der Waals surface area contributed by atoms with Gasteiger partial charge in [0.25, 0.3) is 5.91 Å². The van der Waals surface area contributed by atoms with Crippen LogP contribution in [0.3, 0.4) is 0 Å². The van der Waals surface area contributed by atoms with Gasteiger partial charge in [0.15, 0.2) is 0 Å². The van der Waals surface area contributed by atoms with Crippen molar-refractivity contribution >= 4 is 24.7 Å². The largest absolute Gasteiger partial charge is 0.389 e. The van der Waals surface area contributed by atoms with Crippen molar-refractivity contribution in [1.82, 2.24) is 9.88 Å². The molecule has 0 bridgehead atoms. The number of carbonyl (C=O) groups excluding carboxylic acids is 1. The first-order chi connectivity index (χ1) is 14.9. The summed E-state index contributed by atoms with van der Waals surface area (Å²) in [5, 5.41) is 10.9. The Labute approximate surface area is 179 Å². The standard InChI is InChI=1S/C23H24F2N4O2/c1-3-20(28-15-26-2)21-18(5-4-10-27-21)22(30)29-11-8-23(31,9-12-29)14-16-6-7-17(24)13-19(16)25/h3-7,10,13,15,31H,2,8-9,11-12,14H2,1H3/b20-3-,28-15-. The van der Waals surface area contributed by atoms with Crippen molar-refractivity contribution in [3.8, 4) is 0 Å². The van der Waals surface area contributed by atoms with Crippen LogP contribution in [0.25, 0.3) is 5.70 Å². The maximum atomic E-state index is 14.0. The molecule has 0 spiro atoms. The summed E-state index contributed by atoms with van der Waals surface area (Å²) in [6.45, 7) is 5.74. The second-order valence-corrected chi connectivity index (χ2v) is 7.43. The number of allylic oxidation sites excluding steroid dienone is 1. The van der Waals surface area contributed by atoms with Gasteiger partial charge < -0.3 is 10.0 Å². The van der Waals surface area contributed by atoms with Crippen LogP contribution < -0.4 is 0 Å². The number of hydrogen-bond acceptors (Lipinski definition) is 4. The number of pyridine rings is 1. The fraction of sp³-hybridized carbons (Fsp3) is 0.304. The smallest absolute Gasteiger partial charge is 0.256 e. The molecule has 6 nitrogen and oxygen atoms in total. The van der Waals surface area contributed by atoms with E-state index in [0.29, 0.717) is 30.0 Å². The van der Waals surface area contributed by atoms with Crippen molar-refractivity contribution < 1.29 is 18.7 Å². The van der Waals surface area contributed by atoms with Crippen LogP contribution in [0, 0.1) is 11.6 Å². The van der Waals surface area contributed by atoms with Gasteiger partial charge in [0.2, 0.25) is 0 Å². The number of halogens is 2. The van der Waals surface area contributed by atoms with Gasteiger partial charge in [-0.25, -0.2) is 13.8 Å². The third kappa shape index (κ3) is 5.27. The highest BCUT2D eigenvalue weighted by Crippen LogP contribution is 2.29. The maximum Gasteiger partial charge on any atom is 0.256 e. The highest BCUT2D eigenvalue weighted by atomic mass is 19.1. The van der Waals surface area contributed by atoms with Crippen molar-refractivity contribution in [2.75, 3.05) is 13.1 Å². The van der Waals surface area contributed by atoms with Crippen LogP contribution in [0.2, 0.25) is 0 Å². The molecule has 1 amide bonds. The zero-order valence-corrected chi connectivity index (χ0v) is 17.3. The molecular weight excluding hydrogens is 402 g/mol. The average Bonchev–Trinajstić information content (AvgIpc) is 2.77. The molecule has 3 rings (SSSR count). The first-order valence-corrected chi connectivity index (χ1v) is 9.92. The molecule has 1 N–H and O–H groups in total. The third-order valence-electron chi connectivity index (χ3n) is 5.35. The highest BCUT2D eigenvalue weighted by molar-refractivity contribution is 5.98. The molecule has 162 valence electrons. The fourth-order valence-electron chi connectivity index (χ4n) is 3.65. The molecule has 1 aliphatic heterocycles. The molecule has 1 aliphatic rings. The van der Waals surface area contributed by atoms with Crippen molar-refractivity contribution in [3.05, 3.63) is 71.1 Å². The van der Waals surface area contributed by atoms with Crippen LogP contribution in [0.4, 0.5) is 8.78 Å². The predicted molar refractivity (Wildman–Crippen MR) is 116 cm³/mol. The van der Waals surface area contributed by atoms with Crippen LogP contribution in [-0.2, 0) is 6.42 Å². The number of aromatic nitrogens is 1. The molecule has 8 heteroatoms. The number of carbonyl (C=O) groups is 1. The number of hydrogen-bond donors (Lipinski definition) is 1. The number of benzene rings is 1. The Balaban J connectivity index is 1.73. The van der Waals surface area contributed by atoms with Gasteiger partial charge >= 0.3 is 0 Å². The number of likely N-dealkylation sites (tertiary alicyclic amines) is 1. The second-order valence-electron chi connectivity index (χ2n) is 7.43. The summed E-state index contributed by atoms with van der Waals surface area (Å²) in [4.78, 5) is 26.9. The lowest BCUT2D eigenvalue weighted by Crippen LogP contribution is -2.48. The number of aliphatic hydroxyl groups is 1. The first kappa shape index (κ1) is 22.4. The number of amides is 1. The fourth-order valence-corrected chi connectivity index (χ4v) is 3.65. The molecule has 2 heterocycles. The number of piperidine rings is 1. The maximum absolute atomic E-state index is 14.0. The zero-order valence-electron chi connectivity index (χ0n) is 17.3. The van der Waals surface area contributed by atoms with Gasteiger partial charge in [0.05, 0.1) is 16.9 Å². The third-order valence-corrected chi connectivity index (χ3v) is 5.35. The summed E-state index contributed by atoms with van der Waals surface area (Å²) in [5.41, 5.74) is 0.416. The molecule has 1 fully saturated rings. The summed E-state index contributed by atoms with van der Waals surface area (Å²) < 4.78 is 27.1. The van der Waals surface area contributed by atoms with Gasteiger partial charge in [-0.1, -0.05) is 12.1 Å². The van der Waals surface area contributed by atoms with Gasteiger partial charge in [0, 0.05) is 31.8 Å². The molecule has 31 heavy (non-hydrogen) atoms. The van der Waals surface area contributed by atoms with Crippen molar-refractivity contribution in [1.29, 1.82) is 0 Å². The predicted octanol–water partition coefficient (Wildman–Crippen LogP) is 3.66. The minimum absolute atomic E-state index is 0.0608. The molecule has 0 atom stereocenters. The van der Waals surface area contributed by atoms with Crippen LogP contribution >= 0.6 is 0 Å². The van der Waals surface area contributed by atoms with Gasteiger partial charge in [0.1, 0.15) is 23.7 Å². The molecule has 1 aromatic carbocycles. The molecular formula is C23H24F2N4O2. The van der Waals surface area contributed by atoms with Gasteiger partial charge in [-0.2, -0.15) is 0 Å². The van der Waals surface area contributed by atoms with Crippen LogP contribution in [0.5, 0.6) is 0 Å². The number of aliphatic imine (C=N–C) groups is 2. The lowest BCUT2D eigenvalue weighted by atomic mass is 9.85. The Hall–Kier alpha value is -3.26. The zero-order chi connectivity index (χ0) is 22.4. The van der Waals surface area contributed by atoms with Crippen molar-refractivity contribution in [3.63, 3.8) is 0 Å². The topological polar surface area (TPSA) is 78.2 Å². The molecule has 0 saturated carbocycles. The van der Waals surface area contributed by atoms with E-state index in [1.165, 1.54) is 18.5 Å². The first-order valence-electron chi connectivity index (χ1n) is 9.92. The Morgan fingerprint density at radius 3 is 2.71 bits per heavy atom. The summed E-state index contributed by atoms with van der Waals surface area (Å²) in [6, 6.07) is 6.69. The van der Waals surface area contributed by atoms with E-state index in [9.17, 15) is 18.7 Å². The monoisotopic (exact) mass is 426 g/mol. The van der Waals surface area contributed by atoms with Gasteiger partial charge in [-0.05, 0) is 50.2 Å². The van der Waals surface area contributed by atoms with E-state index in [1.54, 1.807) is 36.2 Å². The lowest BCUT2D eigenvalue weighted by molar-refractivity contribution is -0.0168. The van der Waals surface area contributed by atoms with Crippen molar-refractivity contribution in [2.45, 2.75) is 31.8 Å². The minimum Gasteiger partial charge on any atom is -0.389 e. The van der Waals surface area contributed by atoms with Gasteiger partial charge in [-0.3, -0.25) is 14.8 Å². The van der Waals surface area contributed by atoms with E-state index in [1.807, 2.05) is 0 Å². The Morgan fingerprint density at radius 1 is 1.32 bits per heavy atom. The molecule has 1 aromatic heterocycles. The summed E-state index contributed by atoms with van der Waals surface area (Å²) in [7, 11) is 0. The van der Waals surface area contributed by atoms with E-state index in [4.69, 9.17) is 0 Å². The molecule has 1 saturated heterocycles. The summed E-state index contributed by atoms with van der Waals surface area (Å²) >= 11 is 0. The highest BCUT2D eigenvalue weighted by Gasteiger charge is 2.35. The van der Waals surface area contributed by atoms with Gasteiger partial charge in [-0.15, -0.1) is 0 Å². The Kier molecular flexibility index (Phi) is 7.02. The van der Waals surface area contributed by atoms with E-state index in [-0.39, 0.29) is 30.7 Å². The average molecular weight is 426 g/mol. The second kappa shape index (κ2) is 9.70. The molecule has 0 unspecified atom stereocenters. The number of nitrogens with zero attached hydrogens (tertiary/aromatic N) is 4.